The molecular weight excluding hydrogens is 378 g/mol. The molecule has 2 heterocycles. The third kappa shape index (κ3) is 3.53. The number of carbonyl (C=O) groups is 1. The molecule has 0 aromatic heterocycles. The van der Waals surface area contributed by atoms with E-state index in [9.17, 15) is 4.79 Å². The van der Waals surface area contributed by atoms with Gasteiger partial charge in [-0.2, -0.15) is 0 Å². The first kappa shape index (κ1) is 19.3. The average Bonchev–Trinajstić information content (AvgIpc) is 2.80. The first-order chi connectivity index (χ1) is 14.7. The number of hydrogen-bond acceptors (Lipinski definition) is 5. The predicted octanol–water partition coefficient (Wildman–Crippen LogP) is 3.89. The lowest BCUT2D eigenvalue weighted by atomic mass is 9.71. The highest BCUT2D eigenvalue weighted by Gasteiger charge is 2.49. The molecule has 2 fully saturated rings. The van der Waals surface area contributed by atoms with Crippen molar-refractivity contribution in [3.05, 3.63) is 72.0 Å². The number of methoxy groups -OCH3 is 1. The van der Waals surface area contributed by atoms with Gasteiger partial charge in [0.2, 0.25) is 0 Å². The highest BCUT2D eigenvalue weighted by molar-refractivity contribution is 6.22. The van der Waals surface area contributed by atoms with Gasteiger partial charge < -0.3 is 14.2 Å². The summed E-state index contributed by atoms with van der Waals surface area (Å²) in [5, 5.41) is 0. The molecule has 0 radical (unpaired) electrons. The molecule has 1 saturated carbocycles. The number of fused-ring (bicyclic) bond motifs is 3. The largest absolute Gasteiger partial charge is 0.496 e. The Bertz CT molecular complexity index is 941. The van der Waals surface area contributed by atoms with Gasteiger partial charge >= 0.3 is 0 Å². The van der Waals surface area contributed by atoms with Gasteiger partial charge in [0.1, 0.15) is 11.9 Å². The molecule has 1 saturated heterocycles. The molecule has 0 spiro atoms. The van der Waals surface area contributed by atoms with E-state index in [1.165, 1.54) is 5.56 Å². The summed E-state index contributed by atoms with van der Waals surface area (Å²) in [7, 11) is 1.63. The van der Waals surface area contributed by atoms with Crippen LogP contribution in [-0.2, 0) is 20.8 Å². The van der Waals surface area contributed by atoms with Crippen LogP contribution < -0.4 is 4.74 Å². The van der Waals surface area contributed by atoms with E-state index in [0.717, 1.165) is 31.5 Å². The summed E-state index contributed by atoms with van der Waals surface area (Å²) in [5.41, 5.74) is 2.69. The molecule has 4 atom stereocenters. The second-order valence-corrected chi connectivity index (χ2v) is 8.38. The maximum absolute atomic E-state index is 13.4. The Balaban J connectivity index is 1.36. The molecule has 2 aromatic carbocycles. The first-order valence-corrected chi connectivity index (χ1v) is 10.7. The third-order valence-electron chi connectivity index (χ3n) is 6.59. The number of nitrogens with zero attached hydrogens (tertiary/aromatic N) is 1. The topological polar surface area (TPSA) is 48.0 Å². The molecule has 0 N–H and O–H groups in total. The Labute approximate surface area is 177 Å². The van der Waals surface area contributed by atoms with Crippen molar-refractivity contribution in [2.45, 2.75) is 31.6 Å². The normalized spacial score (nSPS) is 28.7. The minimum Gasteiger partial charge on any atom is -0.496 e. The molecule has 2 aromatic rings. The van der Waals surface area contributed by atoms with E-state index >= 15 is 0 Å². The maximum atomic E-state index is 13.4. The Morgan fingerprint density at radius 2 is 1.87 bits per heavy atom. The fraction of sp³-hybridized carbons (Fsp3) is 0.400. The lowest BCUT2D eigenvalue weighted by Crippen LogP contribution is -2.56. The fourth-order valence-corrected chi connectivity index (χ4v) is 5.11. The van der Waals surface area contributed by atoms with Crippen LogP contribution in [0, 0.1) is 11.8 Å². The zero-order valence-corrected chi connectivity index (χ0v) is 17.2. The number of allylic oxidation sites excluding steroid dienone is 1. The Morgan fingerprint density at radius 3 is 2.70 bits per heavy atom. The van der Waals surface area contributed by atoms with Gasteiger partial charge in [0.25, 0.3) is 0 Å². The van der Waals surface area contributed by atoms with Crippen LogP contribution in [0.5, 0.6) is 5.75 Å². The SMILES string of the molecule is COc1ccccc1C1=COC2C(CCC3OCN(Cc4ccccc4)CC32)C1=O. The zero-order valence-electron chi connectivity index (χ0n) is 17.2. The Kier molecular flexibility index (Phi) is 5.32. The van der Waals surface area contributed by atoms with Crippen LogP contribution in [0.4, 0.5) is 0 Å². The number of ketones is 1. The van der Waals surface area contributed by atoms with Crippen molar-refractivity contribution in [1.82, 2.24) is 4.90 Å². The van der Waals surface area contributed by atoms with Crippen LogP contribution in [0.3, 0.4) is 0 Å². The van der Waals surface area contributed by atoms with Gasteiger partial charge in [-0.1, -0.05) is 48.5 Å². The molecule has 3 aliphatic rings. The number of ether oxygens (including phenoxy) is 3. The van der Waals surface area contributed by atoms with Crippen LogP contribution in [0.25, 0.3) is 5.57 Å². The summed E-state index contributed by atoms with van der Waals surface area (Å²) >= 11 is 0. The van der Waals surface area contributed by atoms with Gasteiger partial charge in [-0.25, -0.2) is 0 Å². The first-order valence-electron chi connectivity index (χ1n) is 10.7. The lowest BCUT2D eigenvalue weighted by Gasteiger charge is -2.48. The number of para-hydroxylation sites is 1. The van der Waals surface area contributed by atoms with Crippen LogP contribution in [0.1, 0.15) is 24.0 Å². The van der Waals surface area contributed by atoms with Gasteiger partial charge in [0.05, 0.1) is 37.7 Å². The number of carbonyl (C=O) groups excluding carboxylic acids is 1. The second-order valence-electron chi connectivity index (χ2n) is 8.38. The average molecular weight is 405 g/mol. The van der Waals surface area contributed by atoms with Crippen molar-refractivity contribution >= 4 is 11.4 Å². The van der Waals surface area contributed by atoms with Gasteiger partial charge in [0.15, 0.2) is 5.78 Å². The van der Waals surface area contributed by atoms with E-state index in [2.05, 4.69) is 29.2 Å². The minimum atomic E-state index is -0.131. The lowest BCUT2D eigenvalue weighted by molar-refractivity contribution is -0.171. The molecule has 0 amide bonds. The van der Waals surface area contributed by atoms with Crippen molar-refractivity contribution in [2.75, 3.05) is 20.4 Å². The zero-order chi connectivity index (χ0) is 20.5. The number of rotatable bonds is 4. The van der Waals surface area contributed by atoms with Gasteiger partial charge in [-0.05, 0) is 24.5 Å². The number of hydrogen-bond donors (Lipinski definition) is 0. The molecule has 2 aliphatic heterocycles. The molecule has 0 bridgehead atoms. The third-order valence-corrected chi connectivity index (χ3v) is 6.59. The van der Waals surface area contributed by atoms with E-state index in [0.29, 0.717) is 18.1 Å². The molecule has 5 nitrogen and oxygen atoms in total. The van der Waals surface area contributed by atoms with E-state index in [1.807, 2.05) is 30.3 Å². The highest BCUT2D eigenvalue weighted by Crippen LogP contribution is 2.43. The van der Waals surface area contributed by atoms with E-state index in [4.69, 9.17) is 14.2 Å². The molecular formula is C25H27NO4. The predicted molar refractivity (Wildman–Crippen MR) is 114 cm³/mol. The Morgan fingerprint density at radius 1 is 1.07 bits per heavy atom. The monoisotopic (exact) mass is 405 g/mol. The molecule has 30 heavy (non-hydrogen) atoms. The van der Waals surface area contributed by atoms with Crippen molar-refractivity contribution in [1.29, 1.82) is 0 Å². The quantitative estimate of drug-likeness (QED) is 0.772. The van der Waals surface area contributed by atoms with Gasteiger partial charge in [0, 0.05) is 24.6 Å². The van der Waals surface area contributed by atoms with Crippen LogP contribution in [-0.4, -0.2) is 43.3 Å². The molecule has 4 unspecified atom stereocenters. The number of benzene rings is 2. The highest BCUT2D eigenvalue weighted by atomic mass is 16.5. The summed E-state index contributed by atoms with van der Waals surface area (Å²) in [4.78, 5) is 15.7. The summed E-state index contributed by atoms with van der Waals surface area (Å²) in [6.45, 7) is 2.35. The molecule has 156 valence electrons. The van der Waals surface area contributed by atoms with Crippen molar-refractivity contribution < 1.29 is 19.0 Å². The van der Waals surface area contributed by atoms with Gasteiger partial charge in [-0.3, -0.25) is 9.69 Å². The molecule has 1 aliphatic carbocycles. The van der Waals surface area contributed by atoms with Crippen LogP contribution in [0.2, 0.25) is 0 Å². The summed E-state index contributed by atoms with van der Waals surface area (Å²) < 4.78 is 17.9. The Hall–Kier alpha value is -2.63. The van der Waals surface area contributed by atoms with Crippen LogP contribution in [0.15, 0.2) is 60.9 Å². The fourth-order valence-electron chi connectivity index (χ4n) is 5.11. The van der Waals surface area contributed by atoms with Crippen molar-refractivity contribution in [3.8, 4) is 5.75 Å². The molecule has 5 heteroatoms. The summed E-state index contributed by atoms with van der Waals surface area (Å²) in [6.07, 6.45) is 3.38. The van der Waals surface area contributed by atoms with E-state index in [1.54, 1.807) is 13.4 Å². The smallest absolute Gasteiger partial charge is 0.173 e. The van der Waals surface area contributed by atoms with E-state index < -0.39 is 0 Å². The maximum Gasteiger partial charge on any atom is 0.173 e. The minimum absolute atomic E-state index is 0.128. The molecule has 5 rings (SSSR count). The van der Waals surface area contributed by atoms with Crippen LogP contribution >= 0.6 is 0 Å². The van der Waals surface area contributed by atoms with E-state index in [-0.39, 0.29) is 29.8 Å². The standard InChI is InChI=1S/C25H27NO4/c1-28-22-10-6-5-9-18(22)21-15-29-25-19(24(21)27)11-12-23-20(25)14-26(16-30-23)13-17-7-3-2-4-8-17/h2-10,15,19-20,23,25H,11-14,16H2,1H3. The van der Waals surface area contributed by atoms with Crippen molar-refractivity contribution in [3.63, 3.8) is 0 Å². The van der Waals surface area contributed by atoms with Crippen molar-refractivity contribution in [2.24, 2.45) is 11.8 Å². The number of Topliss-reactive ketones (excluding diaryl/α,β-unsaturated/α-hetero) is 1. The summed E-state index contributed by atoms with van der Waals surface area (Å²) in [5.74, 6) is 0.925. The summed E-state index contributed by atoms with van der Waals surface area (Å²) in [6, 6.07) is 18.1. The van der Waals surface area contributed by atoms with Gasteiger partial charge in [-0.15, -0.1) is 0 Å². The second kappa shape index (κ2) is 8.25.